The van der Waals surface area contributed by atoms with Gasteiger partial charge in [-0.2, -0.15) is 0 Å². The van der Waals surface area contributed by atoms with Gasteiger partial charge in [-0.1, -0.05) is 27.7 Å². The second-order valence-corrected chi connectivity index (χ2v) is 10.5. The number of rotatable bonds is 11. The molecule has 0 saturated heterocycles. The van der Waals surface area contributed by atoms with E-state index in [0.717, 1.165) is 0 Å². The van der Waals surface area contributed by atoms with Gasteiger partial charge in [-0.05, 0) is 59.3 Å². The highest BCUT2D eigenvalue weighted by Gasteiger charge is 2.33. The van der Waals surface area contributed by atoms with E-state index >= 15 is 0 Å². The second kappa shape index (κ2) is 11.5. The lowest BCUT2D eigenvalue weighted by atomic mass is 9.85. The van der Waals surface area contributed by atoms with Gasteiger partial charge in [0.05, 0.1) is 17.6 Å². The lowest BCUT2D eigenvalue weighted by Crippen LogP contribution is -2.49. The summed E-state index contributed by atoms with van der Waals surface area (Å²) in [5.74, 6) is -1.06. The van der Waals surface area contributed by atoms with Gasteiger partial charge in [0.25, 0.3) is 0 Å². The molecule has 0 aliphatic heterocycles. The number of carbonyl (C=O) groups excluding carboxylic acids is 3. The van der Waals surface area contributed by atoms with Gasteiger partial charge in [-0.25, -0.2) is 4.79 Å². The molecule has 0 aromatic heterocycles. The smallest absolute Gasteiger partial charge is 0.407 e. The Morgan fingerprint density at radius 1 is 1.00 bits per heavy atom. The quantitative estimate of drug-likeness (QED) is 0.401. The monoisotopic (exact) mass is 429 g/mol. The Hall–Kier alpha value is -1.83. The van der Waals surface area contributed by atoms with E-state index in [4.69, 9.17) is 10.5 Å². The molecule has 176 valence electrons. The van der Waals surface area contributed by atoms with Crippen molar-refractivity contribution < 1.29 is 24.2 Å². The minimum atomic E-state index is -0.929. The molecule has 0 aliphatic rings. The fraction of sp³-hybridized carbons (Fsp3) is 0.864. The fourth-order valence-corrected chi connectivity index (χ4v) is 2.91. The Kier molecular flexibility index (Phi) is 10.8. The number of aliphatic hydroxyl groups is 1. The number of nitrogens with two attached hydrogens (primary N) is 1. The highest BCUT2D eigenvalue weighted by Crippen LogP contribution is 2.22. The van der Waals surface area contributed by atoms with E-state index in [1.54, 1.807) is 34.6 Å². The molecule has 0 rings (SSSR count). The average molecular weight is 430 g/mol. The molecular formula is C22H43N3O5. The number of primary amides is 1. The predicted molar refractivity (Wildman–Crippen MR) is 118 cm³/mol. The Balaban J connectivity index is 5.23. The molecule has 8 nitrogen and oxygen atoms in total. The van der Waals surface area contributed by atoms with E-state index in [1.807, 2.05) is 27.7 Å². The van der Waals surface area contributed by atoms with Crippen molar-refractivity contribution in [1.29, 1.82) is 0 Å². The van der Waals surface area contributed by atoms with Crippen molar-refractivity contribution in [3.05, 3.63) is 0 Å². The molecule has 3 atom stereocenters. The van der Waals surface area contributed by atoms with Gasteiger partial charge in [0.15, 0.2) is 0 Å². The SMILES string of the molecule is CC(C)CC(NC(=O)OC(C)(C)C)C(O)CC(C(=O)NCC(C)(C)C(N)=O)C(C)C. The normalized spacial score (nSPS) is 15.5. The van der Waals surface area contributed by atoms with Gasteiger partial charge in [0, 0.05) is 12.5 Å². The molecule has 0 aromatic rings. The molecule has 5 N–H and O–H groups in total. The van der Waals surface area contributed by atoms with Gasteiger partial charge in [0.1, 0.15) is 5.60 Å². The number of hydrogen-bond donors (Lipinski definition) is 4. The first kappa shape index (κ1) is 28.2. The summed E-state index contributed by atoms with van der Waals surface area (Å²) in [6.45, 7) is 16.5. The topological polar surface area (TPSA) is 131 Å². The maximum Gasteiger partial charge on any atom is 0.407 e. The molecular weight excluding hydrogens is 386 g/mol. The van der Waals surface area contributed by atoms with E-state index in [1.165, 1.54) is 0 Å². The molecule has 0 bridgehead atoms. The summed E-state index contributed by atoms with van der Waals surface area (Å²) in [4.78, 5) is 36.5. The molecule has 0 aromatic carbocycles. The minimum absolute atomic E-state index is 0.0439. The van der Waals surface area contributed by atoms with Crippen LogP contribution in [0.4, 0.5) is 4.79 Å². The van der Waals surface area contributed by atoms with E-state index in [9.17, 15) is 19.5 Å². The molecule has 0 radical (unpaired) electrons. The number of carbonyl (C=O) groups is 3. The van der Waals surface area contributed by atoms with Crippen LogP contribution in [0.25, 0.3) is 0 Å². The fourth-order valence-electron chi connectivity index (χ4n) is 2.91. The zero-order valence-electron chi connectivity index (χ0n) is 20.2. The summed E-state index contributed by atoms with van der Waals surface area (Å²) in [5.41, 5.74) is 3.85. The number of hydrogen-bond acceptors (Lipinski definition) is 5. The van der Waals surface area contributed by atoms with Gasteiger partial charge < -0.3 is 26.2 Å². The maximum atomic E-state index is 12.8. The highest BCUT2D eigenvalue weighted by molar-refractivity contribution is 5.83. The van der Waals surface area contributed by atoms with Crippen LogP contribution >= 0.6 is 0 Å². The molecule has 0 aliphatic carbocycles. The molecule has 0 saturated carbocycles. The lowest BCUT2D eigenvalue weighted by Gasteiger charge is -2.31. The molecule has 30 heavy (non-hydrogen) atoms. The third kappa shape index (κ3) is 10.8. The summed E-state index contributed by atoms with van der Waals surface area (Å²) in [6, 6.07) is -0.545. The van der Waals surface area contributed by atoms with E-state index in [2.05, 4.69) is 10.6 Å². The van der Waals surface area contributed by atoms with Crippen molar-refractivity contribution in [2.24, 2.45) is 28.9 Å². The lowest BCUT2D eigenvalue weighted by molar-refractivity contribution is -0.130. The predicted octanol–water partition coefficient (Wildman–Crippen LogP) is 2.58. The van der Waals surface area contributed by atoms with E-state index in [-0.39, 0.29) is 30.7 Å². The number of ether oxygens (including phenoxy) is 1. The Labute approximate surface area is 181 Å². The van der Waals surface area contributed by atoms with Crippen LogP contribution < -0.4 is 16.4 Å². The Bertz CT molecular complexity index is 582. The molecule has 8 heteroatoms. The highest BCUT2D eigenvalue weighted by atomic mass is 16.6. The summed E-state index contributed by atoms with van der Waals surface area (Å²) < 4.78 is 5.31. The van der Waals surface area contributed by atoms with Crippen LogP contribution in [-0.2, 0) is 14.3 Å². The maximum absolute atomic E-state index is 12.8. The zero-order valence-corrected chi connectivity index (χ0v) is 20.2. The molecule has 0 fully saturated rings. The molecule has 0 spiro atoms. The van der Waals surface area contributed by atoms with Gasteiger partial charge in [0.2, 0.25) is 11.8 Å². The number of alkyl carbamates (subject to hydrolysis) is 1. The average Bonchev–Trinajstić information content (AvgIpc) is 2.54. The van der Waals surface area contributed by atoms with Crippen molar-refractivity contribution >= 4 is 17.9 Å². The largest absolute Gasteiger partial charge is 0.444 e. The number of aliphatic hydroxyl groups excluding tert-OH is 1. The third-order valence-corrected chi connectivity index (χ3v) is 4.90. The third-order valence-electron chi connectivity index (χ3n) is 4.90. The molecule has 3 amide bonds. The van der Waals surface area contributed by atoms with Crippen molar-refractivity contribution in [1.82, 2.24) is 10.6 Å². The van der Waals surface area contributed by atoms with Crippen LogP contribution in [0.3, 0.4) is 0 Å². The first-order valence-corrected chi connectivity index (χ1v) is 10.7. The summed E-state index contributed by atoms with van der Waals surface area (Å²) in [5, 5.41) is 16.4. The Morgan fingerprint density at radius 3 is 1.93 bits per heavy atom. The van der Waals surface area contributed by atoms with Crippen LogP contribution in [0, 0.1) is 23.2 Å². The van der Waals surface area contributed by atoms with Crippen LogP contribution in [-0.4, -0.2) is 47.3 Å². The summed E-state index contributed by atoms with van der Waals surface area (Å²) in [7, 11) is 0. The standard InChI is InChI=1S/C22H43N3O5/c1-13(2)10-16(25-20(29)30-21(5,6)7)17(26)11-15(14(3)4)18(27)24-12-22(8,9)19(23)28/h13-17,26H,10-12H2,1-9H3,(H2,23,28)(H,24,27)(H,25,29). The van der Waals surface area contributed by atoms with Crippen molar-refractivity contribution in [2.45, 2.75) is 92.9 Å². The van der Waals surface area contributed by atoms with Crippen molar-refractivity contribution in [2.75, 3.05) is 6.54 Å². The first-order chi connectivity index (χ1) is 13.5. The Morgan fingerprint density at radius 2 is 1.53 bits per heavy atom. The van der Waals surface area contributed by atoms with Crippen molar-refractivity contribution in [3.8, 4) is 0 Å². The van der Waals surface area contributed by atoms with Crippen LogP contribution in [0.5, 0.6) is 0 Å². The van der Waals surface area contributed by atoms with E-state index < -0.39 is 41.1 Å². The molecule has 3 unspecified atom stereocenters. The van der Waals surface area contributed by atoms with Crippen LogP contribution in [0.2, 0.25) is 0 Å². The minimum Gasteiger partial charge on any atom is -0.444 e. The van der Waals surface area contributed by atoms with Crippen molar-refractivity contribution in [3.63, 3.8) is 0 Å². The second-order valence-electron chi connectivity index (χ2n) is 10.5. The van der Waals surface area contributed by atoms with Gasteiger partial charge >= 0.3 is 6.09 Å². The summed E-state index contributed by atoms with van der Waals surface area (Å²) in [6.07, 6.45) is -0.807. The zero-order chi connectivity index (χ0) is 23.9. The van der Waals surface area contributed by atoms with Crippen LogP contribution in [0.1, 0.15) is 75.2 Å². The summed E-state index contributed by atoms with van der Waals surface area (Å²) >= 11 is 0. The molecule has 0 heterocycles. The van der Waals surface area contributed by atoms with E-state index in [0.29, 0.717) is 6.42 Å². The van der Waals surface area contributed by atoms with Crippen LogP contribution in [0.15, 0.2) is 0 Å². The first-order valence-electron chi connectivity index (χ1n) is 10.7. The van der Waals surface area contributed by atoms with Gasteiger partial charge in [-0.3, -0.25) is 9.59 Å². The number of nitrogens with one attached hydrogen (secondary N) is 2. The van der Waals surface area contributed by atoms with Gasteiger partial charge in [-0.15, -0.1) is 0 Å². The number of amides is 3.